The summed E-state index contributed by atoms with van der Waals surface area (Å²) in [4.78, 5) is 0. The van der Waals surface area contributed by atoms with Gasteiger partial charge >= 0.3 is 0 Å². The van der Waals surface area contributed by atoms with Crippen LogP contribution in [-0.4, -0.2) is 11.7 Å². The summed E-state index contributed by atoms with van der Waals surface area (Å²) < 4.78 is 0. The zero-order valence-electron chi connectivity index (χ0n) is 6.72. The van der Waals surface area contributed by atoms with Gasteiger partial charge in [-0.3, -0.25) is 0 Å². The van der Waals surface area contributed by atoms with Gasteiger partial charge in [0.15, 0.2) is 0 Å². The maximum absolute atomic E-state index is 8.87. The highest BCUT2D eigenvalue weighted by atomic mass is 35.5. The molecule has 0 aliphatic rings. The van der Waals surface area contributed by atoms with E-state index < -0.39 is 0 Å². The molecule has 1 atom stereocenters. The molecule has 0 amide bonds. The second kappa shape index (κ2) is 4.13. The van der Waals surface area contributed by atoms with Crippen LogP contribution in [0.4, 0.5) is 0 Å². The van der Waals surface area contributed by atoms with E-state index in [0.29, 0.717) is 10.0 Å². The van der Waals surface area contributed by atoms with Crippen molar-refractivity contribution >= 4 is 23.2 Å². The minimum atomic E-state index is 0.111. The summed E-state index contributed by atoms with van der Waals surface area (Å²) >= 11 is 11.5. The molecular weight excluding hydrogens is 195 g/mol. The fraction of sp³-hybridized carbons (Fsp3) is 0.333. The van der Waals surface area contributed by atoms with Crippen molar-refractivity contribution in [1.29, 1.82) is 0 Å². The second-order valence-electron chi connectivity index (χ2n) is 2.76. The lowest BCUT2D eigenvalue weighted by Crippen LogP contribution is -1.98. The first-order chi connectivity index (χ1) is 5.65. The zero-order chi connectivity index (χ0) is 9.14. The van der Waals surface area contributed by atoms with E-state index in [-0.39, 0.29) is 12.5 Å². The van der Waals surface area contributed by atoms with Crippen LogP contribution < -0.4 is 0 Å². The largest absolute Gasteiger partial charge is 0.396 e. The van der Waals surface area contributed by atoms with E-state index >= 15 is 0 Å². The third kappa shape index (κ3) is 2.13. The molecule has 0 aliphatic heterocycles. The number of aliphatic hydroxyl groups excluding tert-OH is 1. The number of hydrogen-bond acceptors (Lipinski definition) is 1. The summed E-state index contributed by atoms with van der Waals surface area (Å²) in [6.07, 6.45) is 0. The van der Waals surface area contributed by atoms with Crippen molar-refractivity contribution in [3.63, 3.8) is 0 Å². The molecule has 1 rings (SSSR count). The Morgan fingerprint density at radius 1 is 1.33 bits per heavy atom. The first-order valence-electron chi connectivity index (χ1n) is 3.71. The Bertz CT molecular complexity index is 273. The van der Waals surface area contributed by atoms with Crippen LogP contribution >= 0.6 is 23.2 Å². The van der Waals surface area contributed by atoms with E-state index in [1.807, 2.05) is 13.0 Å². The van der Waals surface area contributed by atoms with Gasteiger partial charge in [0, 0.05) is 12.5 Å². The van der Waals surface area contributed by atoms with Crippen LogP contribution in [0.2, 0.25) is 10.0 Å². The van der Waals surface area contributed by atoms with Crippen molar-refractivity contribution in [2.45, 2.75) is 12.8 Å². The van der Waals surface area contributed by atoms with Gasteiger partial charge in [0.1, 0.15) is 0 Å². The molecule has 3 heteroatoms. The first kappa shape index (κ1) is 9.85. The van der Waals surface area contributed by atoms with Gasteiger partial charge in [-0.05, 0) is 17.7 Å². The van der Waals surface area contributed by atoms with Crippen LogP contribution in [0.1, 0.15) is 18.4 Å². The van der Waals surface area contributed by atoms with E-state index in [9.17, 15) is 0 Å². The number of aliphatic hydroxyl groups is 1. The van der Waals surface area contributed by atoms with Crippen LogP contribution in [0.3, 0.4) is 0 Å². The second-order valence-corrected chi connectivity index (χ2v) is 3.57. The lowest BCUT2D eigenvalue weighted by atomic mass is 10.0. The molecule has 0 unspecified atom stereocenters. The van der Waals surface area contributed by atoms with Crippen molar-refractivity contribution in [2.24, 2.45) is 0 Å². The van der Waals surface area contributed by atoms with Gasteiger partial charge < -0.3 is 5.11 Å². The molecule has 0 saturated heterocycles. The first-order valence-corrected chi connectivity index (χ1v) is 4.46. The maximum atomic E-state index is 8.87. The zero-order valence-corrected chi connectivity index (χ0v) is 8.23. The molecule has 0 aliphatic carbocycles. The fourth-order valence-corrected chi connectivity index (χ4v) is 1.23. The van der Waals surface area contributed by atoms with E-state index in [1.165, 1.54) is 0 Å². The Balaban J connectivity index is 2.96. The quantitative estimate of drug-likeness (QED) is 0.786. The predicted molar refractivity (Wildman–Crippen MR) is 52.0 cm³/mol. The summed E-state index contributed by atoms with van der Waals surface area (Å²) in [7, 11) is 0. The molecule has 0 radical (unpaired) electrons. The van der Waals surface area contributed by atoms with E-state index in [2.05, 4.69) is 0 Å². The van der Waals surface area contributed by atoms with Crippen LogP contribution in [-0.2, 0) is 0 Å². The Hall–Kier alpha value is -0.240. The highest BCUT2D eigenvalue weighted by Gasteiger charge is 2.05. The normalized spacial score (nSPS) is 13.0. The smallest absolute Gasteiger partial charge is 0.0595 e. The molecular formula is C9H10Cl2O. The third-order valence-corrected chi connectivity index (χ3v) is 2.53. The van der Waals surface area contributed by atoms with E-state index in [1.54, 1.807) is 12.1 Å². The molecule has 0 heterocycles. The van der Waals surface area contributed by atoms with Crippen molar-refractivity contribution in [3.8, 4) is 0 Å². The Morgan fingerprint density at radius 2 is 2.00 bits per heavy atom. The van der Waals surface area contributed by atoms with Gasteiger partial charge in [-0.15, -0.1) is 0 Å². The van der Waals surface area contributed by atoms with Crippen molar-refractivity contribution in [1.82, 2.24) is 0 Å². The molecule has 12 heavy (non-hydrogen) atoms. The highest BCUT2D eigenvalue weighted by molar-refractivity contribution is 6.42. The highest BCUT2D eigenvalue weighted by Crippen LogP contribution is 2.25. The number of halogens is 2. The number of rotatable bonds is 2. The Morgan fingerprint density at radius 3 is 2.50 bits per heavy atom. The number of hydrogen-bond donors (Lipinski definition) is 1. The minimum Gasteiger partial charge on any atom is -0.396 e. The summed E-state index contributed by atoms with van der Waals surface area (Å²) in [5, 5.41) is 9.96. The summed E-state index contributed by atoms with van der Waals surface area (Å²) in [5.41, 5.74) is 1.01. The van der Waals surface area contributed by atoms with Gasteiger partial charge in [-0.25, -0.2) is 0 Å². The average Bonchev–Trinajstić information content (AvgIpc) is 2.08. The third-order valence-electron chi connectivity index (χ3n) is 1.79. The molecule has 1 N–H and O–H groups in total. The molecule has 1 aromatic carbocycles. The molecule has 0 bridgehead atoms. The summed E-state index contributed by atoms with van der Waals surface area (Å²) in [6, 6.07) is 5.39. The van der Waals surface area contributed by atoms with Crippen LogP contribution in [0.15, 0.2) is 18.2 Å². The SMILES string of the molecule is C[C@@H](CO)c1ccc(Cl)c(Cl)c1. The lowest BCUT2D eigenvalue weighted by molar-refractivity contribution is 0.273. The molecule has 0 fully saturated rings. The van der Waals surface area contributed by atoms with Gasteiger partial charge in [0.2, 0.25) is 0 Å². The minimum absolute atomic E-state index is 0.111. The van der Waals surface area contributed by atoms with Crippen LogP contribution in [0.25, 0.3) is 0 Å². The van der Waals surface area contributed by atoms with E-state index in [4.69, 9.17) is 28.3 Å². The molecule has 1 aromatic rings. The van der Waals surface area contributed by atoms with E-state index in [0.717, 1.165) is 5.56 Å². The predicted octanol–water partition coefficient (Wildman–Crippen LogP) is 3.09. The average molecular weight is 205 g/mol. The summed E-state index contributed by atoms with van der Waals surface area (Å²) in [6.45, 7) is 2.05. The van der Waals surface area contributed by atoms with Crippen LogP contribution in [0.5, 0.6) is 0 Å². The molecule has 66 valence electrons. The van der Waals surface area contributed by atoms with Crippen molar-refractivity contribution in [2.75, 3.05) is 6.61 Å². The number of benzene rings is 1. The standard InChI is InChI=1S/C9H10Cl2O/c1-6(5-12)7-2-3-8(10)9(11)4-7/h2-4,6,12H,5H2,1H3/t6-/m0/s1. The molecule has 0 saturated carbocycles. The molecule has 0 spiro atoms. The van der Waals surface area contributed by atoms with Gasteiger partial charge in [-0.2, -0.15) is 0 Å². The van der Waals surface area contributed by atoms with Gasteiger partial charge in [-0.1, -0.05) is 36.2 Å². The lowest BCUT2D eigenvalue weighted by Gasteiger charge is -2.08. The van der Waals surface area contributed by atoms with Gasteiger partial charge in [0.25, 0.3) is 0 Å². The van der Waals surface area contributed by atoms with Crippen molar-refractivity contribution < 1.29 is 5.11 Å². The monoisotopic (exact) mass is 204 g/mol. The fourth-order valence-electron chi connectivity index (χ4n) is 0.924. The Kier molecular flexibility index (Phi) is 3.39. The molecule has 0 aromatic heterocycles. The summed E-state index contributed by atoms with van der Waals surface area (Å²) in [5.74, 6) is 0.111. The molecule has 1 nitrogen and oxygen atoms in total. The topological polar surface area (TPSA) is 20.2 Å². The van der Waals surface area contributed by atoms with Crippen LogP contribution in [0, 0.1) is 0 Å². The maximum Gasteiger partial charge on any atom is 0.0595 e. The van der Waals surface area contributed by atoms with Crippen molar-refractivity contribution in [3.05, 3.63) is 33.8 Å². The Labute approximate surface area is 81.9 Å². The van der Waals surface area contributed by atoms with Gasteiger partial charge in [0.05, 0.1) is 10.0 Å².